The third kappa shape index (κ3) is 6.06. The third-order valence-corrected chi connectivity index (χ3v) is 7.78. The van der Waals surface area contributed by atoms with Gasteiger partial charge in [0, 0.05) is 37.1 Å². The predicted octanol–water partition coefficient (Wildman–Crippen LogP) is 4.05. The average molecular weight is 513 g/mol. The molecule has 1 aliphatic rings. The van der Waals surface area contributed by atoms with Crippen LogP contribution in [-0.2, 0) is 27.4 Å². The van der Waals surface area contributed by atoms with Gasteiger partial charge in [0.15, 0.2) is 9.84 Å². The highest BCUT2D eigenvalue weighted by molar-refractivity contribution is 7.90. The van der Waals surface area contributed by atoms with Crippen LogP contribution in [0.2, 0.25) is 0 Å². The fraction of sp³-hybridized carbons (Fsp3) is 0.500. The second kappa shape index (κ2) is 10.0. The summed E-state index contributed by atoms with van der Waals surface area (Å²) in [5, 5.41) is 2.77. The van der Waals surface area contributed by atoms with E-state index in [0.717, 1.165) is 25.2 Å². The number of pyridine rings is 1. The summed E-state index contributed by atoms with van der Waals surface area (Å²) in [6, 6.07) is 5.22. The minimum atomic E-state index is -4.57. The molecule has 1 unspecified atom stereocenters. The van der Waals surface area contributed by atoms with Gasteiger partial charge in [-0.15, -0.1) is 0 Å². The summed E-state index contributed by atoms with van der Waals surface area (Å²) in [6.45, 7) is 6.51. The Hall–Kier alpha value is -2.82. The highest BCUT2D eigenvalue weighted by Crippen LogP contribution is 2.33. The van der Waals surface area contributed by atoms with E-state index in [-0.39, 0.29) is 28.9 Å². The number of amides is 1. The molecule has 1 amide bonds. The number of nitrogens with two attached hydrogens (primary N) is 1. The highest BCUT2D eigenvalue weighted by atomic mass is 32.2. The van der Waals surface area contributed by atoms with E-state index in [2.05, 4.69) is 17.2 Å². The van der Waals surface area contributed by atoms with E-state index in [4.69, 9.17) is 5.73 Å². The zero-order valence-corrected chi connectivity index (χ0v) is 21.1. The number of nitrogens with zero attached hydrogens (tertiary/aromatic N) is 2. The van der Waals surface area contributed by atoms with Crippen molar-refractivity contribution < 1.29 is 26.4 Å². The zero-order valence-electron chi connectivity index (χ0n) is 20.2. The average Bonchev–Trinajstić information content (AvgIpc) is 2.77. The molecule has 0 saturated carbocycles. The first-order chi connectivity index (χ1) is 16.2. The van der Waals surface area contributed by atoms with Crippen LogP contribution in [0.3, 0.4) is 0 Å². The Morgan fingerprint density at radius 1 is 1.23 bits per heavy atom. The summed E-state index contributed by atoms with van der Waals surface area (Å²) in [7, 11) is -3.47. The Labute approximate surface area is 203 Å². The highest BCUT2D eigenvalue weighted by Gasteiger charge is 2.34. The molecule has 1 aromatic heterocycles. The lowest BCUT2D eigenvalue weighted by Crippen LogP contribution is -2.35. The quantitative estimate of drug-likeness (QED) is 0.566. The third-order valence-electron chi connectivity index (χ3n) is 6.54. The Morgan fingerprint density at radius 3 is 2.43 bits per heavy atom. The molecule has 3 rings (SSSR count). The number of benzene rings is 1. The van der Waals surface area contributed by atoms with Gasteiger partial charge in [-0.05, 0) is 55.9 Å². The van der Waals surface area contributed by atoms with E-state index in [0.29, 0.717) is 35.7 Å². The normalized spacial score (nSPS) is 16.3. The lowest BCUT2D eigenvalue weighted by Gasteiger charge is -2.33. The smallest absolute Gasteiger partial charge is 0.398 e. The molecule has 2 heterocycles. The number of anilines is 2. The topological polar surface area (TPSA) is 105 Å². The second-order valence-electron chi connectivity index (χ2n) is 9.25. The van der Waals surface area contributed by atoms with E-state index in [9.17, 15) is 26.4 Å². The van der Waals surface area contributed by atoms with Crippen LogP contribution in [0, 0.1) is 12.8 Å². The molecular weight excluding hydrogens is 481 g/mol. The number of carbonyl (C=O) groups excluding carboxylic acids is 1. The van der Waals surface area contributed by atoms with Crippen molar-refractivity contribution in [2.75, 3.05) is 30.0 Å². The standard InChI is InChI=1S/C24H31F3N4O3S/c1-14-9-11-31(12-10-14)22-17(5-8-20(30-22)24(25,26)27)13-29-23(32)15(2)18-6-7-19(35(4,33)34)16(3)21(18)28/h5-8,14-15H,9-13,28H2,1-4H3,(H,29,32). The Kier molecular flexibility index (Phi) is 7.68. The number of aromatic nitrogens is 1. The minimum Gasteiger partial charge on any atom is -0.398 e. The summed E-state index contributed by atoms with van der Waals surface area (Å²) < 4.78 is 63.8. The van der Waals surface area contributed by atoms with Crippen LogP contribution in [0.1, 0.15) is 55.0 Å². The molecule has 7 nitrogen and oxygen atoms in total. The van der Waals surface area contributed by atoms with Gasteiger partial charge in [0.05, 0.1) is 10.8 Å². The molecule has 1 aromatic carbocycles. The van der Waals surface area contributed by atoms with Crippen LogP contribution in [0.4, 0.5) is 24.7 Å². The lowest BCUT2D eigenvalue weighted by atomic mass is 9.96. The lowest BCUT2D eigenvalue weighted by molar-refractivity contribution is -0.141. The molecule has 1 saturated heterocycles. The summed E-state index contributed by atoms with van der Waals surface area (Å²) in [5.41, 5.74) is 6.74. The van der Waals surface area contributed by atoms with Gasteiger partial charge in [0.1, 0.15) is 11.5 Å². The fourth-order valence-corrected chi connectivity index (χ4v) is 5.23. The van der Waals surface area contributed by atoms with E-state index in [1.165, 1.54) is 18.2 Å². The van der Waals surface area contributed by atoms with Gasteiger partial charge in [-0.3, -0.25) is 4.79 Å². The summed E-state index contributed by atoms with van der Waals surface area (Å²) in [4.78, 5) is 18.8. The van der Waals surface area contributed by atoms with E-state index >= 15 is 0 Å². The van der Waals surface area contributed by atoms with Crippen LogP contribution >= 0.6 is 0 Å². The number of alkyl halides is 3. The monoisotopic (exact) mass is 512 g/mol. The van der Waals surface area contributed by atoms with Crippen molar-refractivity contribution in [3.05, 3.63) is 46.6 Å². The maximum atomic E-state index is 13.3. The molecule has 0 radical (unpaired) electrons. The number of halogens is 3. The Balaban J connectivity index is 1.82. The van der Waals surface area contributed by atoms with Gasteiger partial charge in [0.2, 0.25) is 5.91 Å². The Morgan fingerprint density at radius 2 is 1.86 bits per heavy atom. The first kappa shape index (κ1) is 26.8. The SMILES string of the molecule is Cc1c(S(C)(=O)=O)ccc(C(C)C(=O)NCc2ccc(C(F)(F)F)nc2N2CCC(C)CC2)c1N. The number of nitrogen functional groups attached to an aromatic ring is 1. The molecule has 35 heavy (non-hydrogen) atoms. The van der Waals surface area contributed by atoms with E-state index in [1.54, 1.807) is 13.8 Å². The number of rotatable bonds is 6. The molecule has 0 aliphatic carbocycles. The number of hydrogen-bond acceptors (Lipinski definition) is 6. The van der Waals surface area contributed by atoms with Crippen LogP contribution in [-0.4, -0.2) is 38.7 Å². The van der Waals surface area contributed by atoms with Crippen molar-refractivity contribution >= 4 is 27.2 Å². The van der Waals surface area contributed by atoms with Gasteiger partial charge in [0.25, 0.3) is 0 Å². The van der Waals surface area contributed by atoms with Crippen molar-refractivity contribution in [2.24, 2.45) is 5.92 Å². The fourth-order valence-electron chi connectivity index (χ4n) is 4.25. The van der Waals surface area contributed by atoms with Crippen LogP contribution in [0.15, 0.2) is 29.2 Å². The van der Waals surface area contributed by atoms with Crippen LogP contribution < -0.4 is 16.0 Å². The van der Waals surface area contributed by atoms with Crippen molar-refractivity contribution in [1.29, 1.82) is 0 Å². The van der Waals surface area contributed by atoms with Crippen molar-refractivity contribution in [3.63, 3.8) is 0 Å². The molecule has 0 spiro atoms. The molecule has 1 fully saturated rings. The number of carbonyl (C=O) groups is 1. The first-order valence-corrected chi connectivity index (χ1v) is 13.3. The number of piperidine rings is 1. The maximum absolute atomic E-state index is 13.3. The largest absolute Gasteiger partial charge is 0.433 e. The van der Waals surface area contributed by atoms with Crippen molar-refractivity contribution in [1.82, 2.24) is 10.3 Å². The second-order valence-corrected chi connectivity index (χ2v) is 11.2. The summed E-state index contributed by atoms with van der Waals surface area (Å²) in [5.74, 6) is -0.373. The number of sulfone groups is 1. The molecule has 192 valence electrons. The van der Waals surface area contributed by atoms with E-state index in [1.807, 2.05) is 4.90 Å². The number of hydrogen-bond donors (Lipinski definition) is 2. The number of nitrogens with one attached hydrogen (secondary N) is 1. The van der Waals surface area contributed by atoms with E-state index < -0.39 is 27.6 Å². The van der Waals surface area contributed by atoms with Crippen molar-refractivity contribution in [2.45, 2.75) is 57.1 Å². The zero-order chi connectivity index (χ0) is 26.1. The van der Waals surface area contributed by atoms with Crippen LogP contribution in [0.5, 0.6) is 0 Å². The predicted molar refractivity (Wildman–Crippen MR) is 129 cm³/mol. The molecule has 0 bridgehead atoms. The minimum absolute atomic E-state index is 0.00396. The Bertz CT molecular complexity index is 1210. The molecule has 1 aliphatic heterocycles. The van der Waals surface area contributed by atoms with Gasteiger partial charge in [-0.1, -0.05) is 19.1 Å². The van der Waals surface area contributed by atoms with Gasteiger partial charge < -0.3 is 16.0 Å². The first-order valence-electron chi connectivity index (χ1n) is 11.4. The molecule has 1 atom stereocenters. The summed E-state index contributed by atoms with van der Waals surface area (Å²) >= 11 is 0. The maximum Gasteiger partial charge on any atom is 0.433 e. The van der Waals surface area contributed by atoms with Crippen molar-refractivity contribution in [3.8, 4) is 0 Å². The van der Waals surface area contributed by atoms with Gasteiger partial charge >= 0.3 is 6.18 Å². The molecular formula is C24H31F3N4O3S. The molecule has 2 aromatic rings. The summed E-state index contributed by atoms with van der Waals surface area (Å²) in [6.07, 6.45) is -1.78. The molecule has 11 heteroatoms. The van der Waals surface area contributed by atoms with Crippen LogP contribution in [0.25, 0.3) is 0 Å². The van der Waals surface area contributed by atoms with Gasteiger partial charge in [-0.25, -0.2) is 13.4 Å². The molecule has 3 N–H and O–H groups in total. The van der Waals surface area contributed by atoms with Gasteiger partial charge in [-0.2, -0.15) is 13.2 Å².